The van der Waals surface area contributed by atoms with Crippen molar-refractivity contribution in [1.82, 2.24) is 5.32 Å². The van der Waals surface area contributed by atoms with Crippen LogP contribution in [0.1, 0.15) is 32.1 Å². The van der Waals surface area contributed by atoms with Gasteiger partial charge in [0.05, 0.1) is 6.17 Å². The number of halogens is 1. The van der Waals surface area contributed by atoms with Gasteiger partial charge in [-0.05, 0) is 43.9 Å². The van der Waals surface area contributed by atoms with E-state index in [1.165, 1.54) is 32.1 Å². The third-order valence-corrected chi connectivity index (χ3v) is 4.68. The van der Waals surface area contributed by atoms with Crippen molar-refractivity contribution in [3.8, 4) is 0 Å². The number of alkyl halides is 1. The van der Waals surface area contributed by atoms with Gasteiger partial charge in [0.2, 0.25) is 0 Å². The Hall–Kier alpha value is 0.360. The van der Waals surface area contributed by atoms with Crippen LogP contribution in [0.2, 0.25) is 0 Å². The molecule has 0 radical (unpaired) electrons. The first-order valence-electron chi connectivity index (χ1n) is 6.05. The highest BCUT2D eigenvalue weighted by Crippen LogP contribution is 2.35. The molecule has 2 unspecified atom stereocenters. The lowest BCUT2D eigenvalue weighted by Crippen LogP contribution is -2.54. The van der Waals surface area contributed by atoms with Gasteiger partial charge >= 0.3 is 0 Å². The van der Waals surface area contributed by atoms with Crippen LogP contribution in [0.3, 0.4) is 0 Å². The second-order valence-electron chi connectivity index (χ2n) is 5.11. The fourth-order valence-electron chi connectivity index (χ4n) is 3.00. The third kappa shape index (κ3) is 2.93. The van der Waals surface area contributed by atoms with Gasteiger partial charge in [0.25, 0.3) is 0 Å². The first-order chi connectivity index (χ1) is 7.16. The number of hydrogen-bond donors (Lipinski definition) is 3. The molecule has 0 spiro atoms. The van der Waals surface area contributed by atoms with E-state index in [2.05, 4.69) is 21.2 Å². The number of hydrogen-bond acceptors (Lipinski definition) is 3. The Labute approximate surface area is 100 Å². The number of piperidine rings is 1. The van der Waals surface area contributed by atoms with E-state index in [9.17, 15) is 0 Å². The van der Waals surface area contributed by atoms with Crippen molar-refractivity contribution in [2.75, 3.05) is 6.54 Å². The maximum atomic E-state index is 6.14. The van der Waals surface area contributed by atoms with E-state index in [4.69, 9.17) is 11.5 Å². The summed E-state index contributed by atoms with van der Waals surface area (Å²) < 4.78 is 0. The second kappa shape index (κ2) is 5.13. The zero-order chi connectivity index (χ0) is 10.8. The molecule has 2 aliphatic rings. The molecule has 0 aromatic heterocycles. The van der Waals surface area contributed by atoms with Gasteiger partial charge in [0.1, 0.15) is 0 Å². The van der Waals surface area contributed by atoms with Crippen molar-refractivity contribution in [1.29, 1.82) is 0 Å². The molecule has 15 heavy (non-hydrogen) atoms. The fraction of sp³-hybridized carbons (Fsp3) is 1.00. The normalized spacial score (nSPS) is 47.8. The Balaban J connectivity index is 1.90. The Morgan fingerprint density at radius 1 is 1.07 bits per heavy atom. The van der Waals surface area contributed by atoms with E-state index in [-0.39, 0.29) is 6.17 Å². The Morgan fingerprint density at radius 2 is 1.73 bits per heavy atom. The molecule has 0 amide bonds. The van der Waals surface area contributed by atoms with Crippen molar-refractivity contribution in [3.63, 3.8) is 0 Å². The molecule has 0 aromatic carbocycles. The quantitative estimate of drug-likeness (QED) is 0.630. The zero-order valence-electron chi connectivity index (χ0n) is 9.16. The molecule has 88 valence electrons. The summed E-state index contributed by atoms with van der Waals surface area (Å²) in [4.78, 5) is 0.595. The fourth-order valence-corrected chi connectivity index (χ4v) is 3.62. The summed E-state index contributed by atoms with van der Waals surface area (Å²) in [5.74, 6) is 1.42. The van der Waals surface area contributed by atoms with E-state index in [0.717, 1.165) is 12.5 Å². The number of nitrogens with one attached hydrogen (secondary N) is 1. The molecule has 4 heteroatoms. The van der Waals surface area contributed by atoms with Gasteiger partial charge < -0.3 is 16.8 Å². The number of rotatable bonds is 1. The van der Waals surface area contributed by atoms with Crippen molar-refractivity contribution in [2.45, 2.75) is 49.1 Å². The van der Waals surface area contributed by atoms with Crippen LogP contribution in [0.5, 0.6) is 0 Å². The molecule has 2 rings (SSSR count). The van der Waals surface area contributed by atoms with Gasteiger partial charge in [0.15, 0.2) is 0 Å². The van der Waals surface area contributed by atoms with Crippen molar-refractivity contribution in [3.05, 3.63) is 0 Å². The summed E-state index contributed by atoms with van der Waals surface area (Å²) in [6, 6.07) is 0.439. The summed E-state index contributed by atoms with van der Waals surface area (Å²) in [5, 5.41) is 3.39. The van der Waals surface area contributed by atoms with E-state index >= 15 is 0 Å². The predicted octanol–water partition coefficient (Wildman–Crippen LogP) is 1.16. The first-order valence-corrected chi connectivity index (χ1v) is 6.97. The summed E-state index contributed by atoms with van der Waals surface area (Å²) in [6.45, 7) is 1.00. The third-order valence-electron chi connectivity index (χ3n) is 3.99. The van der Waals surface area contributed by atoms with Crippen LogP contribution in [-0.4, -0.2) is 23.6 Å². The molecule has 1 heterocycles. The molecule has 0 aromatic rings. The highest BCUT2D eigenvalue weighted by Gasteiger charge is 2.34. The molecule has 1 aliphatic heterocycles. The van der Waals surface area contributed by atoms with Crippen LogP contribution in [0, 0.1) is 11.8 Å². The Bertz CT molecular complexity index is 204. The minimum absolute atomic E-state index is 0.193. The van der Waals surface area contributed by atoms with Crippen LogP contribution < -0.4 is 16.8 Å². The van der Waals surface area contributed by atoms with Crippen LogP contribution in [0.4, 0.5) is 0 Å². The maximum absolute atomic E-state index is 6.14. The molecule has 3 atom stereocenters. The Morgan fingerprint density at radius 3 is 2.40 bits per heavy atom. The molecular formula is C11H22BrN3. The van der Waals surface area contributed by atoms with E-state index in [1.54, 1.807) is 0 Å². The van der Waals surface area contributed by atoms with Crippen LogP contribution >= 0.6 is 15.9 Å². The summed E-state index contributed by atoms with van der Waals surface area (Å²) in [6.07, 6.45) is 6.30. The highest BCUT2D eigenvalue weighted by molar-refractivity contribution is 9.09. The largest absolute Gasteiger partial charge is 0.328 e. The van der Waals surface area contributed by atoms with Gasteiger partial charge in [0, 0.05) is 17.4 Å². The molecule has 1 saturated heterocycles. The molecule has 2 fully saturated rings. The van der Waals surface area contributed by atoms with Crippen LogP contribution in [0.25, 0.3) is 0 Å². The average Bonchev–Trinajstić information content (AvgIpc) is 2.23. The maximum Gasteiger partial charge on any atom is 0.0578 e. The van der Waals surface area contributed by atoms with E-state index < -0.39 is 0 Å². The molecule has 3 nitrogen and oxygen atoms in total. The molecule has 1 saturated carbocycles. The predicted molar refractivity (Wildman–Crippen MR) is 66.7 cm³/mol. The lowest BCUT2D eigenvalue weighted by atomic mass is 9.74. The monoisotopic (exact) mass is 275 g/mol. The average molecular weight is 276 g/mol. The topological polar surface area (TPSA) is 64.1 Å². The summed E-state index contributed by atoms with van der Waals surface area (Å²) in [5.41, 5.74) is 12.1. The second-order valence-corrected chi connectivity index (χ2v) is 6.40. The number of nitrogens with two attached hydrogens (primary N) is 2. The van der Waals surface area contributed by atoms with Crippen molar-refractivity contribution >= 4 is 15.9 Å². The first kappa shape index (κ1) is 11.8. The minimum Gasteiger partial charge on any atom is -0.328 e. The standard InChI is InChI=1S/C11H22BrN3/c12-8-5-10(11(14)15-6-8)7-1-3-9(13)4-2-7/h7-11,15H,1-6,13-14H2/t7?,8?,9?,10?,11-/m1/s1. The van der Waals surface area contributed by atoms with E-state index in [1.807, 2.05) is 0 Å². The smallest absolute Gasteiger partial charge is 0.0578 e. The van der Waals surface area contributed by atoms with Crippen LogP contribution in [0.15, 0.2) is 0 Å². The van der Waals surface area contributed by atoms with Gasteiger partial charge in [-0.15, -0.1) is 0 Å². The molecule has 5 N–H and O–H groups in total. The van der Waals surface area contributed by atoms with Crippen molar-refractivity contribution < 1.29 is 0 Å². The SMILES string of the molecule is NC1CCC(C2CC(Br)CN[C@H]2N)CC1. The molecule has 1 aliphatic carbocycles. The van der Waals surface area contributed by atoms with Gasteiger partial charge in [-0.3, -0.25) is 0 Å². The minimum atomic E-state index is 0.193. The zero-order valence-corrected chi connectivity index (χ0v) is 10.7. The van der Waals surface area contributed by atoms with Crippen molar-refractivity contribution in [2.24, 2.45) is 23.3 Å². The van der Waals surface area contributed by atoms with Gasteiger partial charge in [-0.1, -0.05) is 15.9 Å². The van der Waals surface area contributed by atoms with Gasteiger partial charge in [-0.25, -0.2) is 0 Å². The lowest BCUT2D eigenvalue weighted by Gasteiger charge is -2.40. The summed E-state index contributed by atoms with van der Waals surface area (Å²) in [7, 11) is 0. The molecule has 0 bridgehead atoms. The lowest BCUT2D eigenvalue weighted by molar-refractivity contribution is 0.158. The van der Waals surface area contributed by atoms with Crippen LogP contribution in [-0.2, 0) is 0 Å². The molecular weight excluding hydrogens is 254 g/mol. The Kier molecular flexibility index (Phi) is 4.04. The highest BCUT2D eigenvalue weighted by atomic mass is 79.9. The van der Waals surface area contributed by atoms with E-state index in [0.29, 0.717) is 16.8 Å². The summed E-state index contributed by atoms with van der Waals surface area (Å²) >= 11 is 3.69. The van der Waals surface area contributed by atoms with Gasteiger partial charge in [-0.2, -0.15) is 0 Å².